The second-order valence-electron chi connectivity index (χ2n) is 5.72. The lowest BCUT2D eigenvalue weighted by molar-refractivity contribution is 0.0697. The van der Waals surface area contributed by atoms with Crippen LogP contribution in [0.3, 0.4) is 0 Å². The summed E-state index contributed by atoms with van der Waals surface area (Å²) in [6.45, 7) is 0.170. The molecule has 0 unspecified atom stereocenters. The van der Waals surface area contributed by atoms with Crippen molar-refractivity contribution >= 4 is 23.6 Å². The number of carbonyl (C=O) groups is 2. The number of nitrogen functional groups attached to an aromatic ring is 1. The lowest BCUT2D eigenvalue weighted by Gasteiger charge is -2.09. The van der Waals surface area contributed by atoms with E-state index in [1.165, 1.54) is 12.3 Å². The summed E-state index contributed by atoms with van der Waals surface area (Å²) >= 11 is 0. The maximum absolute atomic E-state index is 11.9. The number of ether oxygens (including phenoxy) is 1. The van der Waals surface area contributed by atoms with E-state index in [0.717, 1.165) is 5.56 Å². The largest absolute Gasteiger partial charge is 0.478 e. The molecule has 2 aromatic carbocycles. The number of aromatic carboxylic acids is 1. The predicted molar refractivity (Wildman–Crippen MR) is 101 cm³/mol. The number of nitrogens with two attached hydrogens (primary N) is 1. The molecule has 3 aromatic rings. The van der Waals surface area contributed by atoms with Crippen molar-refractivity contribution < 1.29 is 19.4 Å². The molecule has 1 amide bonds. The van der Waals surface area contributed by atoms with E-state index in [1.807, 2.05) is 30.3 Å². The van der Waals surface area contributed by atoms with E-state index in [2.05, 4.69) is 10.3 Å². The average molecular weight is 363 g/mol. The van der Waals surface area contributed by atoms with Crippen molar-refractivity contribution in [2.45, 2.75) is 6.61 Å². The van der Waals surface area contributed by atoms with Crippen LogP contribution in [0, 0.1) is 0 Å². The lowest BCUT2D eigenvalue weighted by atomic mass is 10.0. The summed E-state index contributed by atoms with van der Waals surface area (Å²) in [6, 6.07) is 17.3. The Morgan fingerprint density at radius 2 is 1.78 bits per heavy atom. The fourth-order valence-electron chi connectivity index (χ4n) is 2.49. The SMILES string of the molecule is Nc1cc(C(=O)O)c(-c2ccc(NC(=O)OCc3ccccc3)cc2)cn1. The molecule has 0 aliphatic rings. The van der Waals surface area contributed by atoms with Gasteiger partial charge in [0.05, 0.1) is 5.56 Å². The summed E-state index contributed by atoms with van der Waals surface area (Å²) in [5.74, 6) is -0.957. The first-order chi connectivity index (χ1) is 13.0. The van der Waals surface area contributed by atoms with Crippen molar-refractivity contribution in [2.24, 2.45) is 0 Å². The number of nitrogens with one attached hydrogen (secondary N) is 1. The molecular formula is C20H17N3O4. The molecule has 1 aromatic heterocycles. The summed E-state index contributed by atoms with van der Waals surface area (Å²) in [5, 5.41) is 11.9. The quantitative estimate of drug-likeness (QED) is 0.635. The number of pyridine rings is 1. The Morgan fingerprint density at radius 3 is 2.44 bits per heavy atom. The number of rotatable bonds is 5. The number of amides is 1. The highest BCUT2D eigenvalue weighted by molar-refractivity contribution is 5.96. The van der Waals surface area contributed by atoms with Gasteiger partial charge in [0.15, 0.2) is 0 Å². The average Bonchev–Trinajstić information content (AvgIpc) is 2.68. The first-order valence-electron chi connectivity index (χ1n) is 8.10. The summed E-state index contributed by atoms with van der Waals surface area (Å²) in [7, 11) is 0. The molecule has 0 radical (unpaired) electrons. The van der Waals surface area contributed by atoms with Gasteiger partial charge in [-0.15, -0.1) is 0 Å². The highest BCUT2D eigenvalue weighted by Gasteiger charge is 2.13. The zero-order valence-electron chi connectivity index (χ0n) is 14.3. The molecule has 0 aliphatic heterocycles. The molecule has 0 saturated carbocycles. The number of benzene rings is 2. The number of hydrogen-bond acceptors (Lipinski definition) is 5. The molecule has 0 aliphatic carbocycles. The summed E-state index contributed by atoms with van der Waals surface area (Å²) in [4.78, 5) is 27.2. The highest BCUT2D eigenvalue weighted by Crippen LogP contribution is 2.26. The zero-order chi connectivity index (χ0) is 19.2. The van der Waals surface area contributed by atoms with Crippen LogP contribution < -0.4 is 11.1 Å². The van der Waals surface area contributed by atoms with Gasteiger partial charge in [0.1, 0.15) is 12.4 Å². The normalized spacial score (nSPS) is 10.2. The second-order valence-corrected chi connectivity index (χ2v) is 5.72. The Bertz CT molecular complexity index is 957. The predicted octanol–water partition coefficient (Wildman–Crippen LogP) is 3.78. The summed E-state index contributed by atoms with van der Waals surface area (Å²) < 4.78 is 5.16. The summed E-state index contributed by atoms with van der Waals surface area (Å²) in [5.41, 5.74) is 8.11. The van der Waals surface area contributed by atoms with Gasteiger partial charge in [-0.2, -0.15) is 0 Å². The van der Waals surface area contributed by atoms with Gasteiger partial charge < -0.3 is 15.6 Å². The van der Waals surface area contributed by atoms with Crippen molar-refractivity contribution in [1.82, 2.24) is 4.98 Å². The molecule has 0 fully saturated rings. The van der Waals surface area contributed by atoms with Crippen LogP contribution in [0.15, 0.2) is 66.9 Å². The molecule has 136 valence electrons. The molecule has 7 nitrogen and oxygen atoms in total. The number of carbonyl (C=O) groups excluding carboxylic acids is 1. The van der Waals surface area contributed by atoms with E-state index in [0.29, 0.717) is 16.8 Å². The van der Waals surface area contributed by atoms with Crippen molar-refractivity contribution in [3.05, 3.63) is 78.0 Å². The van der Waals surface area contributed by atoms with Gasteiger partial charge in [-0.05, 0) is 29.3 Å². The van der Waals surface area contributed by atoms with Crippen molar-refractivity contribution in [3.8, 4) is 11.1 Å². The Morgan fingerprint density at radius 1 is 1.07 bits per heavy atom. The van der Waals surface area contributed by atoms with E-state index in [4.69, 9.17) is 10.5 Å². The summed E-state index contributed by atoms with van der Waals surface area (Å²) in [6.07, 6.45) is 0.835. The maximum Gasteiger partial charge on any atom is 0.411 e. The molecule has 0 saturated heterocycles. The van der Waals surface area contributed by atoms with Gasteiger partial charge in [-0.3, -0.25) is 5.32 Å². The molecule has 1 heterocycles. The third kappa shape index (κ3) is 4.60. The van der Waals surface area contributed by atoms with E-state index < -0.39 is 12.1 Å². The van der Waals surface area contributed by atoms with Gasteiger partial charge in [0.25, 0.3) is 0 Å². The van der Waals surface area contributed by atoms with Crippen LogP contribution in [-0.2, 0) is 11.3 Å². The highest BCUT2D eigenvalue weighted by atomic mass is 16.5. The van der Waals surface area contributed by atoms with Crippen LogP contribution in [-0.4, -0.2) is 22.2 Å². The van der Waals surface area contributed by atoms with Crippen LogP contribution in [0.1, 0.15) is 15.9 Å². The van der Waals surface area contributed by atoms with E-state index in [9.17, 15) is 14.7 Å². The number of aromatic nitrogens is 1. The molecule has 0 atom stereocenters. The topological polar surface area (TPSA) is 115 Å². The Kier molecular flexibility index (Phi) is 5.32. The molecule has 4 N–H and O–H groups in total. The Balaban J connectivity index is 1.67. The van der Waals surface area contributed by atoms with Crippen LogP contribution in [0.5, 0.6) is 0 Å². The van der Waals surface area contributed by atoms with Gasteiger partial charge in [-0.1, -0.05) is 42.5 Å². The molecule has 0 spiro atoms. The van der Waals surface area contributed by atoms with Gasteiger partial charge >= 0.3 is 12.1 Å². The molecular weight excluding hydrogens is 346 g/mol. The first kappa shape index (κ1) is 17.9. The lowest BCUT2D eigenvalue weighted by Crippen LogP contribution is -2.13. The minimum Gasteiger partial charge on any atom is -0.478 e. The first-order valence-corrected chi connectivity index (χ1v) is 8.10. The zero-order valence-corrected chi connectivity index (χ0v) is 14.3. The van der Waals surface area contributed by atoms with E-state index >= 15 is 0 Å². The number of nitrogens with zero attached hydrogens (tertiary/aromatic N) is 1. The van der Waals surface area contributed by atoms with E-state index in [1.54, 1.807) is 24.3 Å². The van der Waals surface area contributed by atoms with Gasteiger partial charge in [0.2, 0.25) is 0 Å². The van der Waals surface area contributed by atoms with Gasteiger partial charge in [-0.25, -0.2) is 14.6 Å². The van der Waals surface area contributed by atoms with Crippen molar-refractivity contribution in [3.63, 3.8) is 0 Å². The smallest absolute Gasteiger partial charge is 0.411 e. The molecule has 3 rings (SSSR count). The number of anilines is 2. The Labute approximate surface area is 155 Å². The third-order valence-corrected chi connectivity index (χ3v) is 3.81. The molecule has 7 heteroatoms. The fraction of sp³-hybridized carbons (Fsp3) is 0.0500. The monoisotopic (exact) mass is 363 g/mol. The number of hydrogen-bond donors (Lipinski definition) is 3. The second kappa shape index (κ2) is 8.01. The third-order valence-electron chi connectivity index (χ3n) is 3.81. The van der Waals surface area contributed by atoms with Gasteiger partial charge in [0, 0.05) is 17.4 Å². The minimum atomic E-state index is -1.09. The van der Waals surface area contributed by atoms with E-state index in [-0.39, 0.29) is 18.0 Å². The van der Waals surface area contributed by atoms with Crippen molar-refractivity contribution in [1.29, 1.82) is 0 Å². The standard InChI is InChI=1S/C20H17N3O4/c21-18-10-16(19(24)25)17(11-22-18)14-6-8-15(9-7-14)23-20(26)27-12-13-4-2-1-3-5-13/h1-11H,12H2,(H2,21,22)(H,23,26)(H,24,25). The maximum atomic E-state index is 11.9. The van der Waals surface area contributed by atoms with Crippen molar-refractivity contribution in [2.75, 3.05) is 11.1 Å². The van der Waals surface area contributed by atoms with Crippen LogP contribution in [0.2, 0.25) is 0 Å². The van der Waals surface area contributed by atoms with Crippen LogP contribution in [0.25, 0.3) is 11.1 Å². The van der Waals surface area contributed by atoms with Crippen LogP contribution in [0.4, 0.5) is 16.3 Å². The minimum absolute atomic E-state index is 0.0606. The number of carboxylic acids is 1. The number of carboxylic acid groups (broad SMARTS) is 1. The van der Waals surface area contributed by atoms with Crippen LogP contribution >= 0.6 is 0 Å². The fourth-order valence-corrected chi connectivity index (χ4v) is 2.49. The molecule has 0 bridgehead atoms. The Hall–Kier alpha value is -3.87. The molecule has 27 heavy (non-hydrogen) atoms.